The maximum Gasteiger partial charge on any atom is 0.287 e. The van der Waals surface area contributed by atoms with Gasteiger partial charge in [-0.3, -0.25) is 4.79 Å². The molecule has 0 saturated heterocycles. The third kappa shape index (κ3) is 3.68. The number of amides is 1. The predicted octanol–water partition coefficient (Wildman–Crippen LogP) is 3.14. The highest BCUT2D eigenvalue weighted by Gasteiger charge is 2.17. The van der Waals surface area contributed by atoms with Crippen molar-refractivity contribution < 1.29 is 9.21 Å². The molecule has 0 spiro atoms. The van der Waals surface area contributed by atoms with Crippen LogP contribution < -0.4 is 5.32 Å². The molecule has 0 aliphatic heterocycles. The number of carbonyl (C=O) groups is 1. The quantitative estimate of drug-likeness (QED) is 0.907. The lowest BCUT2D eigenvalue weighted by Gasteiger charge is -2.23. The number of hydrogen-bond acceptors (Lipinski definition) is 4. The number of thiophene rings is 1. The summed E-state index contributed by atoms with van der Waals surface area (Å²) < 4.78 is 5.78. The monoisotopic (exact) mass is 342 g/mol. The molecule has 0 aliphatic rings. The molecule has 0 unspecified atom stereocenters. The van der Waals surface area contributed by atoms with Crippen molar-refractivity contribution in [2.24, 2.45) is 0 Å². The zero-order valence-electron chi connectivity index (χ0n) is 10.7. The summed E-state index contributed by atoms with van der Waals surface area (Å²) in [5.74, 6) is 0.113. The first-order valence-corrected chi connectivity index (χ1v) is 7.53. The molecule has 2 rings (SSSR count). The Kier molecular flexibility index (Phi) is 4.79. The highest BCUT2D eigenvalue weighted by Crippen LogP contribution is 2.20. The summed E-state index contributed by atoms with van der Waals surface area (Å²) in [6, 6.07) is 5.59. The van der Waals surface area contributed by atoms with Crippen LogP contribution >= 0.6 is 27.3 Å². The van der Waals surface area contributed by atoms with Gasteiger partial charge in [-0.25, -0.2) is 0 Å². The van der Waals surface area contributed by atoms with Crippen molar-refractivity contribution in [2.75, 3.05) is 20.6 Å². The number of likely N-dealkylation sites (N-methyl/N-ethyl adjacent to an activating group) is 1. The van der Waals surface area contributed by atoms with Gasteiger partial charge in [0.1, 0.15) is 0 Å². The average molecular weight is 343 g/mol. The van der Waals surface area contributed by atoms with Crippen molar-refractivity contribution in [3.05, 3.63) is 45.0 Å². The van der Waals surface area contributed by atoms with Crippen LogP contribution in [0.4, 0.5) is 0 Å². The van der Waals surface area contributed by atoms with Crippen molar-refractivity contribution in [2.45, 2.75) is 6.04 Å². The summed E-state index contributed by atoms with van der Waals surface area (Å²) in [6.07, 6.45) is 0. The average Bonchev–Trinajstić information content (AvgIpc) is 3.00. The van der Waals surface area contributed by atoms with E-state index in [9.17, 15) is 4.79 Å². The largest absolute Gasteiger partial charge is 0.444 e. The molecule has 0 aliphatic carbocycles. The smallest absolute Gasteiger partial charge is 0.287 e. The van der Waals surface area contributed by atoms with Gasteiger partial charge < -0.3 is 14.6 Å². The van der Waals surface area contributed by atoms with Gasteiger partial charge in [-0.15, -0.1) is 0 Å². The first kappa shape index (κ1) is 14.3. The molecule has 1 N–H and O–H groups in total. The van der Waals surface area contributed by atoms with Crippen LogP contribution in [0.15, 0.2) is 38.0 Å². The van der Waals surface area contributed by atoms with E-state index in [2.05, 4.69) is 37.6 Å². The number of hydrogen-bond donors (Lipinski definition) is 1. The molecule has 6 heteroatoms. The molecule has 1 atom stereocenters. The molecule has 0 saturated carbocycles. The number of rotatable bonds is 5. The number of carbonyl (C=O) groups excluding carboxylic acids is 1. The summed E-state index contributed by atoms with van der Waals surface area (Å²) in [6.45, 7) is 0.543. The van der Waals surface area contributed by atoms with Crippen molar-refractivity contribution >= 4 is 33.2 Å². The van der Waals surface area contributed by atoms with Gasteiger partial charge in [0.25, 0.3) is 5.91 Å². The first-order chi connectivity index (χ1) is 9.08. The topological polar surface area (TPSA) is 45.5 Å². The Morgan fingerprint density at radius 3 is 2.79 bits per heavy atom. The summed E-state index contributed by atoms with van der Waals surface area (Å²) in [5.41, 5.74) is 1.20. The van der Waals surface area contributed by atoms with Gasteiger partial charge in [-0.05, 0) is 64.5 Å². The van der Waals surface area contributed by atoms with E-state index in [1.54, 1.807) is 23.5 Å². The number of halogens is 1. The Morgan fingerprint density at radius 1 is 1.47 bits per heavy atom. The number of nitrogens with one attached hydrogen (secondary N) is 1. The molecular formula is C13H15BrN2O2S. The minimum Gasteiger partial charge on any atom is -0.444 e. The summed E-state index contributed by atoms with van der Waals surface area (Å²) in [5, 5.41) is 7.03. The minimum absolute atomic E-state index is 0.161. The van der Waals surface area contributed by atoms with Crippen LogP contribution in [-0.4, -0.2) is 31.4 Å². The molecule has 19 heavy (non-hydrogen) atoms. The van der Waals surface area contributed by atoms with Crippen LogP contribution in [0.25, 0.3) is 0 Å². The predicted molar refractivity (Wildman–Crippen MR) is 79.5 cm³/mol. The second kappa shape index (κ2) is 6.36. The van der Waals surface area contributed by atoms with Crippen LogP contribution in [0.5, 0.6) is 0 Å². The lowest BCUT2D eigenvalue weighted by Crippen LogP contribution is -2.34. The first-order valence-electron chi connectivity index (χ1n) is 5.80. The fourth-order valence-electron chi connectivity index (χ4n) is 1.78. The Balaban J connectivity index is 1.98. The third-order valence-electron chi connectivity index (χ3n) is 2.80. The maximum atomic E-state index is 11.9. The second-order valence-corrected chi connectivity index (χ2v) is 5.91. The van der Waals surface area contributed by atoms with Gasteiger partial charge in [0, 0.05) is 6.54 Å². The number of furan rings is 1. The molecule has 0 aromatic carbocycles. The summed E-state index contributed by atoms with van der Waals surface area (Å²) in [4.78, 5) is 14.0. The third-order valence-corrected chi connectivity index (χ3v) is 3.93. The Morgan fingerprint density at radius 2 is 2.26 bits per heavy atom. The van der Waals surface area contributed by atoms with Gasteiger partial charge in [0.05, 0.1) is 6.04 Å². The molecule has 2 aromatic heterocycles. The second-order valence-electron chi connectivity index (χ2n) is 4.35. The summed E-state index contributed by atoms with van der Waals surface area (Å²) in [7, 11) is 4.00. The van der Waals surface area contributed by atoms with Crippen LogP contribution in [0, 0.1) is 0 Å². The standard InChI is InChI=1S/C13H15BrN2O2S/c1-16(2)10(9-5-6-19-8-9)7-15-13(17)11-3-4-12(14)18-11/h3-6,8,10H,7H2,1-2H3,(H,15,17)/t10-/m1/s1. The van der Waals surface area contributed by atoms with Gasteiger partial charge in [0.2, 0.25) is 0 Å². The Hall–Kier alpha value is -1.11. The van der Waals surface area contributed by atoms with E-state index in [0.717, 1.165) is 0 Å². The lowest BCUT2D eigenvalue weighted by atomic mass is 10.1. The van der Waals surface area contributed by atoms with Crippen LogP contribution in [0.2, 0.25) is 0 Å². The molecule has 1 amide bonds. The molecule has 102 valence electrons. The van der Waals surface area contributed by atoms with Gasteiger partial charge in [-0.2, -0.15) is 11.3 Å². The Labute approximate surface area is 124 Å². The van der Waals surface area contributed by atoms with E-state index in [1.807, 2.05) is 19.5 Å². The Bertz CT molecular complexity index is 537. The van der Waals surface area contributed by atoms with E-state index >= 15 is 0 Å². The van der Waals surface area contributed by atoms with Crippen molar-refractivity contribution in [1.29, 1.82) is 0 Å². The van der Waals surface area contributed by atoms with Crippen molar-refractivity contribution in [3.8, 4) is 0 Å². The molecule has 0 fully saturated rings. The van der Waals surface area contributed by atoms with Gasteiger partial charge >= 0.3 is 0 Å². The van der Waals surface area contributed by atoms with E-state index in [-0.39, 0.29) is 11.9 Å². The fraction of sp³-hybridized carbons (Fsp3) is 0.308. The minimum atomic E-state index is -0.201. The molecule has 0 radical (unpaired) electrons. The summed E-state index contributed by atoms with van der Waals surface area (Å²) >= 11 is 4.84. The molecule has 2 aromatic rings. The molecule has 0 bridgehead atoms. The van der Waals surface area contributed by atoms with E-state index in [4.69, 9.17) is 4.42 Å². The highest BCUT2D eigenvalue weighted by molar-refractivity contribution is 9.10. The van der Waals surface area contributed by atoms with E-state index in [0.29, 0.717) is 17.0 Å². The van der Waals surface area contributed by atoms with Crippen molar-refractivity contribution in [3.63, 3.8) is 0 Å². The van der Waals surface area contributed by atoms with Crippen molar-refractivity contribution in [1.82, 2.24) is 10.2 Å². The molecule has 4 nitrogen and oxygen atoms in total. The normalized spacial score (nSPS) is 12.6. The van der Waals surface area contributed by atoms with E-state index < -0.39 is 0 Å². The van der Waals surface area contributed by atoms with Gasteiger partial charge in [-0.1, -0.05) is 0 Å². The zero-order chi connectivity index (χ0) is 13.8. The SMILES string of the molecule is CN(C)[C@H](CNC(=O)c1ccc(Br)o1)c1ccsc1. The zero-order valence-corrected chi connectivity index (χ0v) is 13.1. The van der Waals surface area contributed by atoms with Crippen LogP contribution in [-0.2, 0) is 0 Å². The number of nitrogens with zero attached hydrogens (tertiary/aromatic N) is 1. The molecule has 2 heterocycles. The highest BCUT2D eigenvalue weighted by atomic mass is 79.9. The van der Waals surface area contributed by atoms with Crippen LogP contribution in [0.1, 0.15) is 22.2 Å². The molecular weight excluding hydrogens is 328 g/mol. The maximum absolute atomic E-state index is 11.9. The fourth-order valence-corrected chi connectivity index (χ4v) is 2.79. The van der Waals surface area contributed by atoms with Crippen LogP contribution in [0.3, 0.4) is 0 Å². The van der Waals surface area contributed by atoms with Gasteiger partial charge in [0.15, 0.2) is 10.4 Å². The lowest BCUT2D eigenvalue weighted by molar-refractivity contribution is 0.0913. The van der Waals surface area contributed by atoms with E-state index in [1.165, 1.54) is 5.56 Å².